The minimum absolute atomic E-state index is 0.481. The molecule has 0 amide bonds. The maximum absolute atomic E-state index is 11.6. The second-order valence-electron chi connectivity index (χ2n) is 6.11. The van der Waals surface area contributed by atoms with E-state index in [1.54, 1.807) is 0 Å². The third-order valence-electron chi connectivity index (χ3n) is 4.72. The van der Waals surface area contributed by atoms with Crippen molar-refractivity contribution in [2.45, 2.75) is 76.2 Å². The fourth-order valence-corrected chi connectivity index (χ4v) is 3.71. The minimum atomic E-state index is -0.692. The van der Waals surface area contributed by atoms with Crippen LogP contribution in [0.4, 0.5) is 0 Å². The number of rotatable bonds is 3. The van der Waals surface area contributed by atoms with Crippen molar-refractivity contribution in [2.24, 2.45) is 5.41 Å². The Balaban J connectivity index is 2.12. The van der Waals surface area contributed by atoms with Gasteiger partial charge in [-0.1, -0.05) is 38.5 Å². The van der Waals surface area contributed by atoms with Gasteiger partial charge >= 0.3 is 5.97 Å². The fourth-order valence-electron chi connectivity index (χ4n) is 3.71. The average molecular weight is 240 g/mol. The van der Waals surface area contributed by atoms with Crippen LogP contribution in [0.5, 0.6) is 0 Å². The van der Waals surface area contributed by atoms with Crippen LogP contribution in [0, 0.1) is 5.41 Å². The Morgan fingerprint density at radius 3 is 1.82 bits per heavy atom. The van der Waals surface area contributed by atoms with Crippen LogP contribution < -0.4 is 0 Å². The zero-order valence-electron chi connectivity index (χ0n) is 10.6. The van der Waals surface area contributed by atoms with Crippen molar-refractivity contribution >= 4 is 5.97 Å². The van der Waals surface area contributed by atoms with Crippen molar-refractivity contribution in [3.63, 3.8) is 0 Å². The Morgan fingerprint density at radius 2 is 1.35 bits per heavy atom. The van der Waals surface area contributed by atoms with Gasteiger partial charge in [-0.3, -0.25) is 4.79 Å². The molecule has 0 atom stereocenters. The summed E-state index contributed by atoms with van der Waals surface area (Å²) in [7, 11) is 0. The molecule has 2 fully saturated rings. The summed E-state index contributed by atoms with van der Waals surface area (Å²) in [5.41, 5.74) is -1.33. The van der Waals surface area contributed by atoms with Crippen molar-refractivity contribution in [1.82, 2.24) is 0 Å². The molecule has 3 heteroatoms. The van der Waals surface area contributed by atoms with E-state index in [0.29, 0.717) is 6.42 Å². The van der Waals surface area contributed by atoms with E-state index < -0.39 is 17.0 Å². The van der Waals surface area contributed by atoms with Crippen LogP contribution in [0.15, 0.2) is 0 Å². The van der Waals surface area contributed by atoms with Gasteiger partial charge in [-0.15, -0.1) is 0 Å². The van der Waals surface area contributed by atoms with Crippen molar-refractivity contribution < 1.29 is 15.0 Å². The van der Waals surface area contributed by atoms with E-state index in [0.717, 1.165) is 64.2 Å². The van der Waals surface area contributed by atoms with Crippen LogP contribution in [0.25, 0.3) is 0 Å². The molecule has 0 bridgehead atoms. The lowest BCUT2D eigenvalue weighted by Gasteiger charge is -2.35. The van der Waals surface area contributed by atoms with E-state index in [-0.39, 0.29) is 0 Å². The van der Waals surface area contributed by atoms with Crippen LogP contribution in [-0.2, 0) is 4.79 Å². The zero-order chi connectivity index (χ0) is 12.4. The molecule has 0 spiro atoms. The first-order valence-electron chi connectivity index (χ1n) is 7.02. The van der Waals surface area contributed by atoms with Gasteiger partial charge in [0.05, 0.1) is 11.0 Å². The van der Waals surface area contributed by atoms with Crippen LogP contribution in [0.3, 0.4) is 0 Å². The molecule has 0 unspecified atom stereocenters. The average Bonchev–Trinajstić information content (AvgIpc) is 2.55. The smallest absolute Gasteiger partial charge is 0.309 e. The van der Waals surface area contributed by atoms with Crippen molar-refractivity contribution in [3.05, 3.63) is 0 Å². The normalized spacial score (nSPS) is 27.6. The number of aliphatic carboxylic acids is 1. The molecule has 2 saturated carbocycles. The van der Waals surface area contributed by atoms with Gasteiger partial charge in [0.1, 0.15) is 0 Å². The molecular formula is C14H24O3. The third-order valence-corrected chi connectivity index (χ3v) is 4.72. The number of hydrogen-bond acceptors (Lipinski definition) is 2. The summed E-state index contributed by atoms with van der Waals surface area (Å²) < 4.78 is 0. The van der Waals surface area contributed by atoms with E-state index in [1.165, 1.54) is 0 Å². The first-order valence-corrected chi connectivity index (χ1v) is 7.02. The molecule has 0 aromatic rings. The predicted octanol–water partition coefficient (Wildman–Crippen LogP) is 3.11. The Bertz CT molecular complexity index is 271. The minimum Gasteiger partial charge on any atom is -0.481 e. The number of hydrogen-bond donors (Lipinski definition) is 2. The molecule has 0 aliphatic heterocycles. The van der Waals surface area contributed by atoms with Crippen molar-refractivity contribution in [1.29, 1.82) is 0 Å². The SMILES string of the molecule is O=C(O)C1(CC2(O)CCCC2)CCCCCC1. The van der Waals surface area contributed by atoms with Gasteiger partial charge in [-0.05, 0) is 32.1 Å². The first kappa shape index (κ1) is 12.9. The highest BCUT2D eigenvalue weighted by Gasteiger charge is 2.46. The molecule has 2 rings (SSSR count). The summed E-state index contributed by atoms with van der Waals surface area (Å²) in [5, 5.41) is 20.1. The highest BCUT2D eigenvalue weighted by molar-refractivity contribution is 5.74. The molecule has 2 aliphatic carbocycles. The van der Waals surface area contributed by atoms with Gasteiger partial charge < -0.3 is 10.2 Å². The molecule has 2 N–H and O–H groups in total. The fraction of sp³-hybridized carbons (Fsp3) is 0.929. The Labute approximate surface area is 103 Å². The second-order valence-corrected chi connectivity index (χ2v) is 6.11. The summed E-state index contributed by atoms with van der Waals surface area (Å²) in [5.74, 6) is -0.681. The van der Waals surface area contributed by atoms with Gasteiger partial charge in [0.15, 0.2) is 0 Å². The van der Waals surface area contributed by atoms with Gasteiger partial charge in [0.2, 0.25) is 0 Å². The lowest BCUT2D eigenvalue weighted by molar-refractivity contribution is -0.154. The Hall–Kier alpha value is -0.570. The second kappa shape index (κ2) is 4.97. The third kappa shape index (κ3) is 2.82. The van der Waals surface area contributed by atoms with Crippen LogP contribution >= 0.6 is 0 Å². The van der Waals surface area contributed by atoms with E-state index >= 15 is 0 Å². The van der Waals surface area contributed by atoms with Gasteiger partial charge in [0.25, 0.3) is 0 Å². The highest BCUT2D eigenvalue weighted by atomic mass is 16.4. The lowest BCUT2D eigenvalue weighted by Crippen LogP contribution is -2.40. The Kier molecular flexibility index (Phi) is 3.76. The van der Waals surface area contributed by atoms with Crippen LogP contribution in [-0.4, -0.2) is 21.8 Å². The summed E-state index contributed by atoms with van der Waals surface area (Å²) in [6, 6.07) is 0. The van der Waals surface area contributed by atoms with E-state index in [2.05, 4.69) is 0 Å². The maximum Gasteiger partial charge on any atom is 0.309 e. The quantitative estimate of drug-likeness (QED) is 0.745. The monoisotopic (exact) mass is 240 g/mol. The van der Waals surface area contributed by atoms with Crippen LogP contribution in [0.1, 0.15) is 70.6 Å². The van der Waals surface area contributed by atoms with E-state index in [4.69, 9.17) is 0 Å². The number of carbonyl (C=O) groups is 1. The molecule has 0 aromatic carbocycles. The number of aliphatic hydroxyl groups is 1. The van der Waals surface area contributed by atoms with Gasteiger partial charge in [-0.25, -0.2) is 0 Å². The zero-order valence-corrected chi connectivity index (χ0v) is 10.6. The van der Waals surface area contributed by atoms with E-state index in [1.807, 2.05) is 0 Å². The lowest BCUT2D eigenvalue weighted by atomic mass is 9.71. The summed E-state index contributed by atoms with van der Waals surface area (Å²) in [6.07, 6.45) is 9.97. The highest BCUT2D eigenvalue weighted by Crippen LogP contribution is 2.46. The van der Waals surface area contributed by atoms with Gasteiger partial charge in [-0.2, -0.15) is 0 Å². The van der Waals surface area contributed by atoms with E-state index in [9.17, 15) is 15.0 Å². The first-order chi connectivity index (χ1) is 8.06. The molecule has 0 saturated heterocycles. The molecule has 3 nitrogen and oxygen atoms in total. The molecular weight excluding hydrogens is 216 g/mol. The molecule has 98 valence electrons. The van der Waals surface area contributed by atoms with Crippen molar-refractivity contribution in [3.8, 4) is 0 Å². The molecule has 17 heavy (non-hydrogen) atoms. The summed E-state index contributed by atoms with van der Waals surface area (Å²) in [6.45, 7) is 0. The number of carboxylic acid groups (broad SMARTS) is 1. The maximum atomic E-state index is 11.6. The number of carboxylic acids is 1. The molecule has 0 heterocycles. The molecule has 2 aliphatic rings. The molecule has 0 radical (unpaired) electrons. The topological polar surface area (TPSA) is 57.5 Å². The standard InChI is InChI=1S/C14H24O3/c15-12(16)13(7-3-1-2-4-8-13)11-14(17)9-5-6-10-14/h17H,1-11H2,(H,15,16). The largest absolute Gasteiger partial charge is 0.481 e. The predicted molar refractivity (Wildman–Crippen MR) is 65.8 cm³/mol. The van der Waals surface area contributed by atoms with Crippen LogP contribution in [0.2, 0.25) is 0 Å². The Morgan fingerprint density at radius 1 is 0.882 bits per heavy atom. The van der Waals surface area contributed by atoms with Gasteiger partial charge in [0, 0.05) is 0 Å². The summed E-state index contributed by atoms with van der Waals surface area (Å²) >= 11 is 0. The molecule has 0 aromatic heterocycles. The van der Waals surface area contributed by atoms with Crippen molar-refractivity contribution in [2.75, 3.05) is 0 Å². The summed E-state index contributed by atoms with van der Waals surface area (Å²) in [4.78, 5) is 11.6.